The Bertz CT molecular complexity index is 590. The smallest absolute Gasteiger partial charge is 0.246 e. The zero-order valence-electron chi connectivity index (χ0n) is 12.7. The summed E-state index contributed by atoms with van der Waals surface area (Å²) in [6.07, 6.45) is 5.45. The van der Waals surface area contributed by atoms with E-state index in [0.29, 0.717) is 30.6 Å². The predicted octanol–water partition coefficient (Wildman–Crippen LogP) is 1.08. The molecule has 0 aliphatic carbocycles. The minimum Gasteiger partial charge on any atom is -0.346 e. The van der Waals surface area contributed by atoms with E-state index in [4.69, 9.17) is 4.52 Å². The van der Waals surface area contributed by atoms with Crippen molar-refractivity contribution in [3.8, 4) is 0 Å². The average Bonchev–Trinajstić information content (AvgIpc) is 2.94. The first-order valence-electron chi connectivity index (χ1n) is 6.82. The van der Waals surface area contributed by atoms with E-state index in [2.05, 4.69) is 20.4 Å². The molecule has 0 radical (unpaired) electrons. The van der Waals surface area contributed by atoms with Gasteiger partial charge in [-0.1, -0.05) is 5.16 Å². The molecule has 22 heavy (non-hydrogen) atoms. The maximum absolute atomic E-state index is 11.9. The summed E-state index contributed by atoms with van der Waals surface area (Å²) in [6.45, 7) is 1.24. The molecule has 0 atom stereocenters. The fourth-order valence-corrected chi connectivity index (χ4v) is 2.26. The molecular weight excluding hydrogens is 302 g/mol. The number of aromatic nitrogens is 3. The topological polar surface area (TPSA) is 84.2 Å². The lowest BCUT2D eigenvalue weighted by molar-refractivity contribution is -0.122. The van der Waals surface area contributed by atoms with Gasteiger partial charge in [0.05, 0.1) is 18.8 Å². The van der Waals surface area contributed by atoms with Gasteiger partial charge in [-0.25, -0.2) is 0 Å². The van der Waals surface area contributed by atoms with Crippen LogP contribution in [0, 0.1) is 0 Å². The monoisotopic (exact) mass is 321 g/mol. The molecule has 0 aliphatic heterocycles. The SMILES string of the molecule is CSCc1noc(CNC(=O)CN(C)Cc2ccncc2)n1. The lowest BCUT2D eigenvalue weighted by atomic mass is 10.2. The fraction of sp³-hybridized carbons (Fsp3) is 0.429. The van der Waals surface area contributed by atoms with E-state index in [1.54, 1.807) is 24.2 Å². The molecule has 1 amide bonds. The van der Waals surface area contributed by atoms with Gasteiger partial charge in [-0.05, 0) is 31.0 Å². The van der Waals surface area contributed by atoms with Crippen LogP contribution in [0.3, 0.4) is 0 Å². The quantitative estimate of drug-likeness (QED) is 0.778. The molecule has 0 fully saturated rings. The molecule has 0 aliphatic rings. The number of nitrogens with one attached hydrogen (secondary N) is 1. The molecule has 7 nitrogen and oxygen atoms in total. The molecule has 1 N–H and O–H groups in total. The van der Waals surface area contributed by atoms with Crippen molar-refractivity contribution in [1.82, 2.24) is 25.3 Å². The summed E-state index contributed by atoms with van der Waals surface area (Å²) in [6, 6.07) is 3.86. The van der Waals surface area contributed by atoms with Crippen LogP contribution in [-0.4, -0.2) is 45.8 Å². The van der Waals surface area contributed by atoms with E-state index in [-0.39, 0.29) is 12.5 Å². The van der Waals surface area contributed by atoms with Gasteiger partial charge in [0.2, 0.25) is 11.8 Å². The summed E-state index contributed by atoms with van der Waals surface area (Å²) in [7, 11) is 1.89. The molecule has 0 bridgehead atoms. The highest BCUT2D eigenvalue weighted by atomic mass is 32.2. The van der Waals surface area contributed by atoms with Gasteiger partial charge in [0.25, 0.3) is 0 Å². The molecule has 2 rings (SSSR count). The van der Waals surface area contributed by atoms with Gasteiger partial charge < -0.3 is 9.84 Å². The lowest BCUT2D eigenvalue weighted by Crippen LogP contribution is -2.34. The van der Waals surface area contributed by atoms with Gasteiger partial charge in [0.15, 0.2) is 5.82 Å². The molecule has 0 spiro atoms. The summed E-state index contributed by atoms with van der Waals surface area (Å²) in [4.78, 5) is 22.0. The molecule has 118 valence electrons. The van der Waals surface area contributed by atoms with Gasteiger partial charge in [-0.3, -0.25) is 14.7 Å². The highest BCUT2D eigenvalue weighted by molar-refractivity contribution is 7.97. The van der Waals surface area contributed by atoms with Crippen LogP contribution in [0.4, 0.5) is 0 Å². The van der Waals surface area contributed by atoms with Crippen LogP contribution in [-0.2, 0) is 23.6 Å². The van der Waals surface area contributed by atoms with Crippen LogP contribution in [0.15, 0.2) is 29.0 Å². The van der Waals surface area contributed by atoms with E-state index in [1.807, 2.05) is 30.3 Å². The molecule has 0 saturated carbocycles. The van der Waals surface area contributed by atoms with E-state index >= 15 is 0 Å². The first-order valence-corrected chi connectivity index (χ1v) is 8.21. The molecular formula is C14H19N5O2S. The second-order valence-electron chi connectivity index (χ2n) is 4.84. The van der Waals surface area contributed by atoms with Crippen molar-refractivity contribution >= 4 is 17.7 Å². The normalized spacial score (nSPS) is 10.9. The number of carbonyl (C=O) groups excluding carboxylic acids is 1. The summed E-state index contributed by atoms with van der Waals surface area (Å²) >= 11 is 1.62. The Hall–Kier alpha value is -1.93. The van der Waals surface area contributed by atoms with Crippen LogP contribution in [0.25, 0.3) is 0 Å². The fourth-order valence-electron chi connectivity index (χ4n) is 1.88. The Balaban J connectivity index is 1.72. The molecule has 0 saturated heterocycles. The van der Waals surface area contributed by atoms with Crippen LogP contribution in [0.1, 0.15) is 17.3 Å². The Morgan fingerprint density at radius 2 is 2.18 bits per heavy atom. The number of nitrogens with zero attached hydrogens (tertiary/aromatic N) is 4. The van der Waals surface area contributed by atoms with Crippen molar-refractivity contribution in [3.63, 3.8) is 0 Å². The third kappa shape index (κ3) is 5.45. The Kier molecular flexibility index (Phi) is 6.35. The number of rotatable bonds is 8. The van der Waals surface area contributed by atoms with E-state index in [1.165, 1.54) is 0 Å². The highest BCUT2D eigenvalue weighted by Gasteiger charge is 2.10. The summed E-state index contributed by atoms with van der Waals surface area (Å²) in [5.41, 5.74) is 1.11. The highest BCUT2D eigenvalue weighted by Crippen LogP contribution is 2.05. The summed E-state index contributed by atoms with van der Waals surface area (Å²) < 4.78 is 5.06. The van der Waals surface area contributed by atoms with Gasteiger partial charge in [0, 0.05) is 18.9 Å². The number of amides is 1. The van der Waals surface area contributed by atoms with Crippen LogP contribution >= 0.6 is 11.8 Å². The molecule has 2 heterocycles. The largest absolute Gasteiger partial charge is 0.346 e. The molecule has 2 aromatic heterocycles. The van der Waals surface area contributed by atoms with Crippen molar-refractivity contribution in [2.24, 2.45) is 0 Å². The van der Waals surface area contributed by atoms with Gasteiger partial charge in [-0.15, -0.1) is 0 Å². The van der Waals surface area contributed by atoms with Crippen molar-refractivity contribution in [1.29, 1.82) is 0 Å². The number of pyridine rings is 1. The summed E-state index contributed by atoms with van der Waals surface area (Å²) in [5, 5.41) is 6.60. The van der Waals surface area contributed by atoms with Crippen LogP contribution in [0.2, 0.25) is 0 Å². The number of hydrogen-bond acceptors (Lipinski definition) is 7. The van der Waals surface area contributed by atoms with E-state index in [9.17, 15) is 4.79 Å². The third-order valence-electron chi connectivity index (χ3n) is 2.84. The van der Waals surface area contributed by atoms with Crippen LogP contribution in [0.5, 0.6) is 0 Å². The third-order valence-corrected chi connectivity index (χ3v) is 3.38. The van der Waals surface area contributed by atoms with E-state index < -0.39 is 0 Å². The molecule has 8 heteroatoms. The second-order valence-corrected chi connectivity index (χ2v) is 5.71. The Morgan fingerprint density at radius 1 is 1.41 bits per heavy atom. The van der Waals surface area contributed by atoms with Gasteiger partial charge >= 0.3 is 0 Å². The first kappa shape index (κ1) is 16.4. The number of likely N-dealkylation sites (N-methyl/N-ethyl adjacent to an activating group) is 1. The number of thioether (sulfide) groups is 1. The Labute approximate surface area is 133 Å². The Morgan fingerprint density at radius 3 is 2.91 bits per heavy atom. The van der Waals surface area contributed by atoms with Crippen molar-refractivity contribution < 1.29 is 9.32 Å². The molecule has 2 aromatic rings. The van der Waals surface area contributed by atoms with E-state index in [0.717, 1.165) is 5.56 Å². The lowest BCUT2D eigenvalue weighted by Gasteiger charge is -2.15. The second kappa shape index (κ2) is 8.50. The zero-order valence-corrected chi connectivity index (χ0v) is 13.5. The van der Waals surface area contributed by atoms with Crippen LogP contribution < -0.4 is 5.32 Å². The maximum Gasteiger partial charge on any atom is 0.246 e. The van der Waals surface area contributed by atoms with Gasteiger partial charge in [-0.2, -0.15) is 16.7 Å². The number of hydrogen-bond donors (Lipinski definition) is 1. The molecule has 0 unspecified atom stereocenters. The first-order chi connectivity index (χ1) is 10.7. The maximum atomic E-state index is 11.9. The summed E-state index contributed by atoms with van der Waals surface area (Å²) in [5.74, 6) is 1.69. The zero-order chi connectivity index (χ0) is 15.8. The standard InChI is InChI=1S/C14H19N5O2S/c1-19(8-11-3-5-15-6-4-11)9-13(20)16-7-14-17-12(10-22-2)18-21-14/h3-6H,7-10H2,1-2H3,(H,16,20). The minimum absolute atomic E-state index is 0.0822. The average molecular weight is 321 g/mol. The van der Waals surface area contributed by atoms with Crippen molar-refractivity contribution in [2.45, 2.75) is 18.8 Å². The predicted molar refractivity (Wildman–Crippen MR) is 83.9 cm³/mol. The van der Waals surface area contributed by atoms with Crippen molar-refractivity contribution in [3.05, 3.63) is 41.8 Å². The molecule has 0 aromatic carbocycles. The number of carbonyl (C=O) groups is 1. The van der Waals surface area contributed by atoms with Crippen molar-refractivity contribution in [2.75, 3.05) is 19.8 Å². The minimum atomic E-state index is -0.0822. The van der Waals surface area contributed by atoms with Gasteiger partial charge in [0.1, 0.15) is 0 Å².